The van der Waals surface area contributed by atoms with Crippen molar-refractivity contribution < 1.29 is 4.74 Å². The predicted octanol–water partition coefficient (Wildman–Crippen LogP) is 4.41. The van der Waals surface area contributed by atoms with Gasteiger partial charge in [0.05, 0.1) is 5.60 Å². The van der Waals surface area contributed by atoms with Crippen LogP contribution >= 0.6 is 0 Å². The smallest absolute Gasteiger partial charge is 0.0688 e. The Hall–Kier alpha value is -0.0400. The number of fused-ring (bicyclic) bond motifs is 3. The molecule has 0 aromatic carbocycles. The van der Waals surface area contributed by atoms with Crippen molar-refractivity contribution in [2.45, 2.75) is 71.8 Å². The molecule has 2 aliphatic carbocycles. The van der Waals surface area contributed by atoms with Gasteiger partial charge in [0.1, 0.15) is 0 Å². The Kier molecular flexibility index (Phi) is 2.47. The summed E-state index contributed by atoms with van der Waals surface area (Å²) in [4.78, 5) is 0. The zero-order chi connectivity index (χ0) is 12.3. The van der Waals surface area contributed by atoms with Crippen LogP contribution in [-0.2, 0) is 4.74 Å². The van der Waals surface area contributed by atoms with E-state index in [9.17, 15) is 0 Å². The third-order valence-corrected chi connectivity index (χ3v) is 6.58. The Labute approximate surface area is 106 Å². The Morgan fingerprint density at radius 1 is 0.882 bits per heavy atom. The maximum Gasteiger partial charge on any atom is 0.0688 e. The molecule has 17 heavy (non-hydrogen) atoms. The highest BCUT2D eigenvalue weighted by atomic mass is 16.5. The molecule has 1 nitrogen and oxygen atoms in total. The Balaban J connectivity index is 1.98. The minimum atomic E-state index is 0.207. The summed E-state index contributed by atoms with van der Waals surface area (Å²) < 4.78 is 6.13. The summed E-state index contributed by atoms with van der Waals surface area (Å²) in [6, 6.07) is 0. The molecule has 0 aromatic rings. The first-order valence-corrected chi connectivity index (χ1v) is 7.52. The van der Waals surface area contributed by atoms with Gasteiger partial charge in [-0.15, -0.1) is 0 Å². The van der Waals surface area contributed by atoms with Gasteiger partial charge in [0.15, 0.2) is 0 Å². The lowest BCUT2D eigenvalue weighted by Crippen LogP contribution is -2.55. The molecule has 0 amide bonds. The van der Waals surface area contributed by atoms with Crippen LogP contribution < -0.4 is 0 Å². The van der Waals surface area contributed by atoms with Crippen LogP contribution in [-0.4, -0.2) is 12.2 Å². The van der Waals surface area contributed by atoms with Crippen LogP contribution in [0.3, 0.4) is 0 Å². The molecule has 0 spiro atoms. The SMILES string of the molecule is CC1(C)CCC[C@]2(C)C1CC[C@]1(C)OCC[C@H]12. The Bertz CT molecular complexity index is 317. The number of hydrogen-bond acceptors (Lipinski definition) is 1. The summed E-state index contributed by atoms with van der Waals surface area (Å²) >= 11 is 0. The van der Waals surface area contributed by atoms with Gasteiger partial charge >= 0.3 is 0 Å². The average Bonchev–Trinajstić information content (AvgIpc) is 2.60. The minimum Gasteiger partial charge on any atom is -0.375 e. The lowest BCUT2D eigenvalue weighted by molar-refractivity contribution is -0.147. The fourth-order valence-corrected chi connectivity index (χ4v) is 5.82. The number of rotatable bonds is 0. The van der Waals surface area contributed by atoms with E-state index in [-0.39, 0.29) is 5.60 Å². The van der Waals surface area contributed by atoms with E-state index in [1.807, 2.05) is 0 Å². The Morgan fingerprint density at radius 3 is 2.41 bits per heavy atom. The Morgan fingerprint density at radius 2 is 1.65 bits per heavy atom. The van der Waals surface area contributed by atoms with Gasteiger partial charge in [0.2, 0.25) is 0 Å². The molecular formula is C16H28O. The molecule has 0 aromatic heterocycles. The van der Waals surface area contributed by atoms with Gasteiger partial charge in [-0.2, -0.15) is 0 Å². The van der Waals surface area contributed by atoms with Crippen LogP contribution in [0.25, 0.3) is 0 Å². The van der Waals surface area contributed by atoms with E-state index in [0.29, 0.717) is 10.8 Å². The highest BCUT2D eigenvalue weighted by molar-refractivity contribution is 5.09. The molecule has 3 fully saturated rings. The fourth-order valence-electron chi connectivity index (χ4n) is 5.82. The van der Waals surface area contributed by atoms with Crippen LogP contribution in [0.1, 0.15) is 66.2 Å². The van der Waals surface area contributed by atoms with Gasteiger partial charge in [-0.1, -0.05) is 27.2 Å². The molecular weight excluding hydrogens is 208 g/mol. The summed E-state index contributed by atoms with van der Waals surface area (Å²) in [5.74, 6) is 1.73. The fraction of sp³-hybridized carbons (Fsp3) is 1.00. The quantitative estimate of drug-likeness (QED) is 0.605. The van der Waals surface area contributed by atoms with E-state index >= 15 is 0 Å². The van der Waals surface area contributed by atoms with E-state index in [2.05, 4.69) is 27.7 Å². The van der Waals surface area contributed by atoms with Crippen LogP contribution in [0.2, 0.25) is 0 Å². The van der Waals surface area contributed by atoms with Gasteiger partial charge < -0.3 is 4.74 Å². The monoisotopic (exact) mass is 236 g/mol. The van der Waals surface area contributed by atoms with Crippen molar-refractivity contribution in [1.82, 2.24) is 0 Å². The van der Waals surface area contributed by atoms with Gasteiger partial charge in [-0.25, -0.2) is 0 Å². The van der Waals surface area contributed by atoms with E-state index < -0.39 is 0 Å². The number of hydrogen-bond donors (Lipinski definition) is 0. The molecule has 4 atom stereocenters. The summed E-state index contributed by atoms with van der Waals surface area (Å²) in [6.45, 7) is 11.0. The standard InChI is InChI=1S/C16H28O/c1-14(2)8-5-9-15(3)12(14)6-10-16(4)13(15)7-11-17-16/h12-13H,5-11H2,1-4H3/t12?,13-,15+,16-/m0/s1. The average molecular weight is 236 g/mol. The first-order chi connectivity index (χ1) is 7.89. The van der Waals surface area contributed by atoms with Crippen molar-refractivity contribution in [1.29, 1.82) is 0 Å². The van der Waals surface area contributed by atoms with Crippen molar-refractivity contribution in [3.05, 3.63) is 0 Å². The van der Waals surface area contributed by atoms with Crippen LogP contribution in [0.5, 0.6) is 0 Å². The van der Waals surface area contributed by atoms with Crippen LogP contribution in [0.4, 0.5) is 0 Å². The second-order valence-electron chi connectivity index (χ2n) is 7.94. The second-order valence-corrected chi connectivity index (χ2v) is 7.94. The maximum absolute atomic E-state index is 6.13. The van der Waals surface area contributed by atoms with E-state index in [0.717, 1.165) is 18.4 Å². The summed E-state index contributed by atoms with van der Waals surface area (Å²) in [5, 5.41) is 0. The predicted molar refractivity (Wildman–Crippen MR) is 70.9 cm³/mol. The van der Waals surface area contributed by atoms with Gasteiger partial charge in [0, 0.05) is 6.61 Å². The largest absolute Gasteiger partial charge is 0.375 e. The van der Waals surface area contributed by atoms with E-state index in [1.54, 1.807) is 0 Å². The van der Waals surface area contributed by atoms with Gasteiger partial charge in [0.25, 0.3) is 0 Å². The highest BCUT2D eigenvalue weighted by Crippen LogP contribution is 2.64. The molecule has 2 saturated carbocycles. The van der Waals surface area contributed by atoms with Crippen molar-refractivity contribution in [2.75, 3.05) is 6.61 Å². The van der Waals surface area contributed by atoms with Crippen molar-refractivity contribution in [3.63, 3.8) is 0 Å². The van der Waals surface area contributed by atoms with Crippen LogP contribution in [0.15, 0.2) is 0 Å². The second kappa shape index (κ2) is 3.50. The topological polar surface area (TPSA) is 9.23 Å². The molecule has 1 unspecified atom stereocenters. The van der Waals surface area contributed by atoms with Crippen molar-refractivity contribution in [2.24, 2.45) is 22.7 Å². The zero-order valence-corrected chi connectivity index (χ0v) is 12.0. The highest BCUT2D eigenvalue weighted by Gasteiger charge is 2.60. The normalized spacial score (nSPS) is 52.9. The first-order valence-electron chi connectivity index (χ1n) is 7.52. The summed E-state index contributed by atoms with van der Waals surface area (Å²) in [7, 11) is 0. The molecule has 1 heteroatoms. The third-order valence-electron chi connectivity index (χ3n) is 6.58. The number of ether oxygens (including phenoxy) is 1. The molecule has 0 radical (unpaired) electrons. The lowest BCUT2D eigenvalue weighted by Gasteiger charge is -2.60. The molecule has 3 aliphatic rings. The summed E-state index contributed by atoms with van der Waals surface area (Å²) in [6.07, 6.45) is 8.27. The van der Waals surface area contributed by atoms with E-state index in [4.69, 9.17) is 4.74 Å². The molecule has 0 N–H and O–H groups in total. The third kappa shape index (κ3) is 1.54. The molecule has 1 heterocycles. The van der Waals surface area contributed by atoms with Crippen LogP contribution in [0, 0.1) is 22.7 Å². The first kappa shape index (κ1) is 12.0. The molecule has 3 rings (SSSR count). The minimum absolute atomic E-state index is 0.207. The van der Waals surface area contributed by atoms with E-state index in [1.165, 1.54) is 38.5 Å². The lowest BCUT2D eigenvalue weighted by atomic mass is 9.46. The van der Waals surface area contributed by atoms with Gasteiger partial charge in [-0.05, 0) is 61.7 Å². The zero-order valence-electron chi connectivity index (χ0n) is 12.0. The molecule has 0 bridgehead atoms. The molecule has 98 valence electrons. The molecule has 1 saturated heterocycles. The maximum atomic E-state index is 6.13. The summed E-state index contributed by atoms with van der Waals surface area (Å²) in [5.41, 5.74) is 1.31. The molecule has 1 aliphatic heterocycles. The van der Waals surface area contributed by atoms with Crippen molar-refractivity contribution >= 4 is 0 Å². The van der Waals surface area contributed by atoms with Gasteiger partial charge in [-0.3, -0.25) is 0 Å². The van der Waals surface area contributed by atoms with Crippen molar-refractivity contribution in [3.8, 4) is 0 Å².